The van der Waals surface area contributed by atoms with Crippen molar-refractivity contribution in [3.05, 3.63) is 150 Å². The summed E-state index contributed by atoms with van der Waals surface area (Å²) in [5.74, 6) is -0.501. The molecule has 232 valence electrons. The van der Waals surface area contributed by atoms with Crippen LogP contribution in [0, 0.1) is 11.7 Å². The van der Waals surface area contributed by atoms with Crippen LogP contribution in [0.3, 0.4) is 0 Å². The number of phenols is 1. The van der Waals surface area contributed by atoms with Crippen molar-refractivity contribution in [2.45, 2.75) is 38.5 Å². The molecule has 0 bridgehead atoms. The van der Waals surface area contributed by atoms with Crippen LogP contribution in [0.25, 0.3) is 11.1 Å². The number of phenolic OH excluding ortho intramolecular Hbond substituents is 1. The Morgan fingerprint density at radius 3 is 2.24 bits per heavy atom. The van der Waals surface area contributed by atoms with Gasteiger partial charge in [0, 0.05) is 18.2 Å². The Morgan fingerprint density at radius 2 is 1.54 bits per heavy atom. The van der Waals surface area contributed by atoms with Crippen molar-refractivity contribution < 1.29 is 28.6 Å². The van der Waals surface area contributed by atoms with E-state index in [0.29, 0.717) is 30.8 Å². The summed E-state index contributed by atoms with van der Waals surface area (Å²) < 4.78 is 25.8. The van der Waals surface area contributed by atoms with Gasteiger partial charge in [0.15, 0.2) is 0 Å². The number of benzene rings is 5. The van der Waals surface area contributed by atoms with Gasteiger partial charge < -0.3 is 19.5 Å². The first kappa shape index (κ1) is 30.6. The van der Waals surface area contributed by atoms with E-state index in [1.807, 2.05) is 84.9 Å². The maximum absolute atomic E-state index is 13.9. The molecule has 5 aromatic carbocycles. The van der Waals surface area contributed by atoms with Gasteiger partial charge >= 0.3 is 5.97 Å². The quantitative estimate of drug-likeness (QED) is 0.119. The van der Waals surface area contributed by atoms with Crippen molar-refractivity contribution >= 4 is 17.6 Å². The lowest BCUT2D eigenvalue weighted by molar-refractivity contribution is -0.147. The molecular weight excluding hydrogens is 581 g/mol. The number of anilines is 1. The minimum Gasteiger partial charge on any atom is -0.508 e. The lowest BCUT2D eigenvalue weighted by Crippen LogP contribution is -2.55. The number of nitrogens with zero attached hydrogens (tertiary/aromatic N) is 1. The summed E-state index contributed by atoms with van der Waals surface area (Å²) in [4.78, 5) is 27.7. The number of ether oxygens (including phenoxy) is 2. The third kappa shape index (κ3) is 6.79. The number of aromatic hydroxyl groups is 1. The van der Waals surface area contributed by atoms with Crippen LogP contribution in [0.2, 0.25) is 0 Å². The van der Waals surface area contributed by atoms with Crippen molar-refractivity contribution in [2.75, 3.05) is 4.90 Å². The first-order chi connectivity index (χ1) is 22.4. The van der Waals surface area contributed by atoms with Gasteiger partial charge in [-0.2, -0.15) is 0 Å². The van der Waals surface area contributed by atoms with Crippen LogP contribution in [-0.2, 0) is 20.9 Å². The lowest BCUT2D eigenvalue weighted by Gasteiger charge is -2.48. The van der Waals surface area contributed by atoms with Crippen molar-refractivity contribution in [3.63, 3.8) is 0 Å². The minimum absolute atomic E-state index is 0.0389. The Bertz CT molecular complexity index is 1810. The fraction of sp³-hybridized carbons (Fsp3) is 0.179. The van der Waals surface area contributed by atoms with Crippen LogP contribution < -0.4 is 9.64 Å². The van der Waals surface area contributed by atoms with E-state index in [1.165, 1.54) is 19.1 Å². The van der Waals surface area contributed by atoms with Crippen LogP contribution in [0.5, 0.6) is 11.5 Å². The van der Waals surface area contributed by atoms with Crippen LogP contribution in [0.1, 0.15) is 48.6 Å². The summed E-state index contributed by atoms with van der Waals surface area (Å²) in [5.41, 5.74) is 4.99. The van der Waals surface area contributed by atoms with Gasteiger partial charge in [0.1, 0.15) is 30.0 Å². The van der Waals surface area contributed by atoms with E-state index in [1.54, 1.807) is 35.2 Å². The molecule has 1 N–H and O–H groups in total. The number of carbonyl (C=O) groups excluding carboxylic acids is 2. The fourth-order valence-corrected chi connectivity index (χ4v) is 6.07. The third-order valence-electron chi connectivity index (χ3n) is 8.29. The summed E-state index contributed by atoms with van der Waals surface area (Å²) in [7, 11) is 0. The van der Waals surface area contributed by atoms with Gasteiger partial charge in [-0.25, -0.2) is 4.39 Å². The molecule has 0 aromatic heterocycles. The zero-order chi connectivity index (χ0) is 32.0. The Kier molecular flexibility index (Phi) is 9.10. The molecule has 1 aliphatic heterocycles. The monoisotopic (exact) mass is 615 g/mol. The highest BCUT2D eigenvalue weighted by Crippen LogP contribution is 2.49. The standard InChI is InChI=1S/C39H34FNO5/c1-26(42)46-36(28-15-18-31(40)19-16-28)22-21-35-38(41(39(35)44)32-12-6-3-7-13-32)34-20-17-30(29-11-8-14-33(43)23-29)24-37(34)45-25-27-9-4-2-5-10-27/h2-20,23-24,35-36,38,43H,21-22,25H2,1H3/t35-,36?,38-/m1/s1. The molecule has 1 heterocycles. The van der Waals surface area contributed by atoms with Crippen molar-refractivity contribution in [1.29, 1.82) is 0 Å². The molecule has 7 heteroatoms. The van der Waals surface area contributed by atoms with Crippen LogP contribution in [0.4, 0.5) is 10.1 Å². The molecule has 1 aliphatic rings. The van der Waals surface area contributed by atoms with Crippen LogP contribution >= 0.6 is 0 Å². The summed E-state index contributed by atoms with van der Waals surface area (Å²) in [6, 6.07) is 37.9. The van der Waals surface area contributed by atoms with Crippen molar-refractivity contribution in [3.8, 4) is 22.6 Å². The Labute approximate surface area is 267 Å². The highest BCUT2D eigenvalue weighted by molar-refractivity contribution is 6.03. The Balaban J connectivity index is 1.37. The highest BCUT2D eigenvalue weighted by atomic mass is 19.1. The largest absolute Gasteiger partial charge is 0.508 e. The number of halogens is 1. The summed E-state index contributed by atoms with van der Waals surface area (Å²) in [5, 5.41) is 10.1. The number of hydrogen-bond acceptors (Lipinski definition) is 5. The molecule has 6 rings (SSSR count). The average molecular weight is 616 g/mol. The third-order valence-corrected chi connectivity index (χ3v) is 8.29. The zero-order valence-electron chi connectivity index (χ0n) is 25.4. The van der Waals surface area contributed by atoms with E-state index in [4.69, 9.17) is 9.47 Å². The average Bonchev–Trinajstić information content (AvgIpc) is 3.07. The number of hydrogen-bond donors (Lipinski definition) is 1. The number of para-hydroxylation sites is 1. The van der Waals surface area contributed by atoms with Gasteiger partial charge in [-0.15, -0.1) is 0 Å². The van der Waals surface area contributed by atoms with E-state index in [-0.39, 0.29) is 23.5 Å². The maximum atomic E-state index is 13.9. The molecule has 6 nitrogen and oxygen atoms in total. The summed E-state index contributed by atoms with van der Waals surface area (Å²) >= 11 is 0. The van der Waals surface area contributed by atoms with Gasteiger partial charge in [0.25, 0.3) is 0 Å². The molecule has 0 saturated carbocycles. The number of amides is 1. The van der Waals surface area contributed by atoms with Gasteiger partial charge in [0.2, 0.25) is 5.91 Å². The van der Waals surface area contributed by atoms with E-state index in [2.05, 4.69) is 0 Å². The Morgan fingerprint density at radius 1 is 0.848 bits per heavy atom. The number of rotatable bonds is 11. The van der Waals surface area contributed by atoms with Gasteiger partial charge in [-0.1, -0.05) is 84.9 Å². The molecule has 46 heavy (non-hydrogen) atoms. The smallest absolute Gasteiger partial charge is 0.303 e. The minimum atomic E-state index is -0.626. The fourth-order valence-electron chi connectivity index (χ4n) is 6.07. The molecule has 1 amide bonds. The van der Waals surface area contributed by atoms with Crippen LogP contribution in [-0.4, -0.2) is 17.0 Å². The summed E-state index contributed by atoms with van der Waals surface area (Å²) in [6.07, 6.45) is 0.177. The first-order valence-corrected chi connectivity index (χ1v) is 15.3. The van der Waals surface area contributed by atoms with E-state index < -0.39 is 18.0 Å². The SMILES string of the molecule is CC(=O)OC(CC[C@H]1C(=O)N(c2ccccc2)[C@@H]1c1ccc(-c2cccc(O)c2)cc1OCc1ccccc1)c1ccc(F)cc1. The second-order valence-electron chi connectivity index (χ2n) is 11.4. The molecule has 1 unspecified atom stereocenters. The normalized spacial score (nSPS) is 16.4. The first-order valence-electron chi connectivity index (χ1n) is 15.3. The lowest BCUT2D eigenvalue weighted by atomic mass is 9.77. The molecule has 1 saturated heterocycles. The molecule has 0 radical (unpaired) electrons. The predicted octanol–water partition coefficient (Wildman–Crippen LogP) is 8.57. The van der Waals surface area contributed by atoms with Crippen molar-refractivity contribution in [2.24, 2.45) is 5.92 Å². The number of carbonyl (C=O) groups is 2. The zero-order valence-corrected chi connectivity index (χ0v) is 25.4. The van der Waals surface area contributed by atoms with E-state index >= 15 is 0 Å². The molecule has 0 aliphatic carbocycles. The van der Waals surface area contributed by atoms with Crippen molar-refractivity contribution in [1.82, 2.24) is 0 Å². The number of β-lactam (4-membered cyclic amide) rings is 1. The molecule has 0 spiro atoms. The topological polar surface area (TPSA) is 76.1 Å². The molecule has 3 atom stereocenters. The van der Waals surface area contributed by atoms with Gasteiger partial charge in [0.05, 0.1) is 12.0 Å². The van der Waals surface area contributed by atoms with Gasteiger partial charge in [-0.3, -0.25) is 9.59 Å². The van der Waals surface area contributed by atoms with Crippen LogP contribution in [0.15, 0.2) is 127 Å². The molecule has 5 aromatic rings. The Hall–Kier alpha value is -5.43. The molecular formula is C39H34FNO5. The second-order valence-corrected chi connectivity index (χ2v) is 11.4. The van der Waals surface area contributed by atoms with E-state index in [9.17, 15) is 19.1 Å². The second kappa shape index (κ2) is 13.7. The molecule has 1 fully saturated rings. The van der Waals surface area contributed by atoms with E-state index in [0.717, 1.165) is 27.9 Å². The van der Waals surface area contributed by atoms with Gasteiger partial charge in [-0.05, 0) is 77.6 Å². The predicted molar refractivity (Wildman–Crippen MR) is 175 cm³/mol. The maximum Gasteiger partial charge on any atom is 0.303 e. The summed E-state index contributed by atoms with van der Waals surface area (Å²) in [6.45, 7) is 1.67. The number of esters is 1. The highest BCUT2D eigenvalue weighted by Gasteiger charge is 2.49.